The standard InChI is InChI=1S/C12H12FIN2O/c13-7-4-9-10(5-8(7)14)16-11(17)12(6-15-9)2-1-3-12/h4-5,15H,1-3,6H2,(H,16,17). The van der Waals surface area contributed by atoms with Gasteiger partial charge in [0.25, 0.3) is 0 Å². The second kappa shape index (κ2) is 3.83. The molecule has 0 radical (unpaired) electrons. The van der Waals surface area contributed by atoms with E-state index in [1.165, 1.54) is 6.07 Å². The number of carbonyl (C=O) groups excluding carboxylic acids is 1. The smallest absolute Gasteiger partial charge is 0.232 e. The zero-order valence-corrected chi connectivity index (χ0v) is 11.3. The van der Waals surface area contributed by atoms with Gasteiger partial charge in [0.2, 0.25) is 5.91 Å². The van der Waals surface area contributed by atoms with E-state index < -0.39 is 0 Å². The molecule has 3 rings (SSSR count). The number of amides is 1. The average molecular weight is 346 g/mol. The molecule has 17 heavy (non-hydrogen) atoms. The number of nitrogens with one attached hydrogen (secondary N) is 2. The SMILES string of the molecule is O=C1Nc2cc(I)c(F)cc2NCC12CCC2. The van der Waals surface area contributed by atoms with E-state index in [1.807, 2.05) is 22.6 Å². The van der Waals surface area contributed by atoms with Crippen molar-refractivity contribution >= 4 is 39.9 Å². The van der Waals surface area contributed by atoms with Crippen molar-refractivity contribution in [3.05, 3.63) is 21.5 Å². The first-order chi connectivity index (χ1) is 8.11. The molecule has 0 saturated heterocycles. The summed E-state index contributed by atoms with van der Waals surface area (Å²) in [4.78, 5) is 12.1. The van der Waals surface area contributed by atoms with Gasteiger partial charge in [-0.3, -0.25) is 4.79 Å². The molecule has 0 unspecified atom stereocenters. The van der Waals surface area contributed by atoms with Gasteiger partial charge in [-0.05, 0) is 41.5 Å². The van der Waals surface area contributed by atoms with E-state index >= 15 is 0 Å². The number of hydrogen-bond donors (Lipinski definition) is 2. The molecule has 1 amide bonds. The van der Waals surface area contributed by atoms with Gasteiger partial charge < -0.3 is 10.6 Å². The molecular formula is C12H12FIN2O. The number of rotatable bonds is 0. The fourth-order valence-electron chi connectivity index (χ4n) is 2.40. The second-order valence-corrected chi connectivity index (χ2v) is 5.92. The van der Waals surface area contributed by atoms with Crippen LogP contribution in [0.1, 0.15) is 19.3 Å². The highest BCUT2D eigenvalue weighted by molar-refractivity contribution is 14.1. The number of fused-ring (bicyclic) bond motifs is 1. The van der Waals surface area contributed by atoms with E-state index in [4.69, 9.17) is 0 Å². The van der Waals surface area contributed by atoms with Crippen LogP contribution in [-0.4, -0.2) is 12.5 Å². The molecule has 1 aliphatic heterocycles. The van der Waals surface area contributed by atoms with E-state index in [0.717, 1.165) is 19.3 Å². The lowest BCUT2D eigenvalue weighted by molar-refractivity contribution is -0.129. The molecule has 0 atom stereocenters. The molecule has 1 spiro atoms. The van der Waals surface area contributed by atoms with Crippen molar-refractivity contribution in [3.8, 4) is 0 Å². The van der Waals surface area contributed by atoms with Crippen molar-refractivity contribution in [3.63, 3.8) is 0 Å². The minimum Gasteiger partial charge on any atom is -0.382 e. The monoisotopic (exact) mass is 346 g/mol. The maximum Gasteiger partial charge on any atom is 0.232 e. The van der Waals surface area contributed by atoms with E-state index in [2.05, 4.69) is 10.6 Å². The molecule has 2 N–H and O–H groups in total. The molecule has 0 aromatic heterocycles. The van der Waals surface area contributed by atoms with Crippen LogP contribution in [0.2, 0.25) is 0 Å². The highest BCUT2D eigenvalue weighted by atomic mass is 127. The predicted molar refractivity (Wildman–Crippen MR) is 72.5 cm³/mol. The van der Waals surface area contributed by atoms with Gasteiger partial charge >= 0.3 is 0 Å². The number of anilines is 2. The third-order valence-electron chi connectivity index (χ3n) is 3.72. The lowest BCUT2D eigenvalue weighted by atomic mass is 9.68. The molecule has 90 valence electrons. The highest BCUT2D eigenvalue weighted by Crippen LogP contribution is 2.44. The van der Waals surface area contributed by atoms with E-state index in [0.29, 0.717) is 21.5 Å². The van der Waals surface area contributed by atoms with E-state index in [1.54, 1.807) is 6.07 Å². The Morgan fingerprint density at radius 3 is 2.71 bits per heavy atom. The Labute approximate surface area is 112 Å². The van der Waals surface area contributed by atoms with Crippen LogP contribution in [0.25, 0.3) is 0 Å². The Balaban J connectivity index is 1.99. The molecule has 1 fully saturated rings. The van der Waals surface area contributed by atoms with Crippen LogP contribution >= 0.6 is 22.6 Å². The van der Waals surface area contributed by atoms with Crippen LogP contribution in [-0.2, 0) is 4.79 Å². The Hall–Kier alpha value is -0.850. The van der Waals surface area contributed by atoms with Crippen molar-refractivity contribution in [1.82, 2.24) is 0 Å². The van der Waals surface area contributed by atoms with Crippen molar-refractivity contribution < 1.29 is 9.18 Å². The fourth-order valence-corrected chi connectivity index (χ4v) is 2.87. The predicted octanol–water partition coefficient (Wildman–Crippen LogP) is 2.96. The lowest BCUT2D eigenvalue weighted by Gasteiger charge is -2.38. The number of carbonyl (C=O) groups is 1. The third-order valence-corrected chi connectivity index (χ3v) is 4.54. The number of halogens is 2. The first-order valence-corrected chi connectivity index (χ1v) is 6.73. The quantitative estimate of drug-likeness (QED) is 0.710. The maximum absolute atomic E-state index is 13.5. The van der Waals surface area contributed by atoms with Crippen molar-refractivity contribution in [1.29, 1.82) is 0 Å². The number of benzene rings is 1. The van der Waals surface area contributed by atoms with E-state index in [-0.39, 0.29) is 17.1 Å². The summed E-state index contributed by atoms with van der Waals surface area (Å²) in [6.07, 6.45) is 2.93. The van der Waals surface area contributed by atoms with E-state index in [9.17, 15) is 9.18 Å². The summed E-state index contributed by atoms with van der Waals surface area (Å²) < 4.78 is 14.0. The molecule has 1 heterocycles. The lowest BCUT2D eigenvalue weighted by Crippen LogP contribution is -2.45. The molecule has 5 heteroatoms. The summed E-state index contributed by atoms with van der Waals surface area (Å²) in [5, 5.41) is 6.10. The summed E-state index contributed by atoms with van der Waals surface area (Å²) in [5.74, 6) is -0.187. The van der Waals surface area contributed by atoms with Gasteiger partial charge in [0.05, 0.1) is 20.4 Å². The summed E-state index contributed by atoms with van der Waals surface area (Å²) in [7, 11) is 0. The first kappa shape index (κ1) is 11.3. The normalized spacial score (nSPS) is 20.9. The molecule has 1 saturated carbocycles. The summed E-state index contributed by atoms with van der Waals surface area (Å²) in [6, 6.07) is 3.13. The Morgan fingerprint density at radius 1 is 1.29 bits per heavy atom. The van der Waals surface area contributed by atoms with Gasteiger partial charge in [0, 0.05) is 12.6 Å². The topological polar surface area (TPSA) is 41.1 Å². The largest absolute Gasteiger partial charge is 0.382 e. The minimum atomic E-state index is -0.277. The molecule has 2 aliphatic rings. The Morgan fingerprint density at radius 2 is 2.06 bits per heavy atom. The van der Waals surface area contributed by atoms with Crippen LogP contribution in [0, 0.1) is 14.8 Å². The Bertz CT molecular complexity index is 500. The molecule has 1 aromatic carbocycles. The second-order valence-electron chi connectivity index (χ2n) is 4.75. The summed E-state index contributed by atoms with van der Waals surface area (Å²) in [6.45, 7) is 0.603. The van der Waals surface area contributed by atoms with Gasteiger partial charge in [0.1, 0.15) is 5.82 Å². The van der Waals surface area contributed by atoms with Crippen LogP contribution in [0.3, 0.4) is 0 Å². The van der Waals surface area contributed by atoms with Crippen molar-refractivity contribution in [2.75, 3.05) is 17.2 Å². The molecule has 3 nitrogen and oxygen atoms in total. The number of hydrogen-bond acceptors (Lipinski definition) is 2. The van der Waals surface area contributed by atoms with Gasteiger partial charge in [-0.25, -0.2) is 4.39 Å². The minimum absolute atomic E-state index is 0.0670. The van der Waals surface area contributed by atoms with Gasteiger partial charge in [-0.2, -0.15) is 0 Å². The Kier molecular flexibility index (Phi) is 2.53. The molecule has 0 bridgehead atoms. The van der Waals surface area contributed by atoms with Crippen LogP contribution in [0.4, 0.5) is 15.8 Å². The first-order valence-electron chi connectivity index (χ1n) is 5.65. The van der Waals surface area contributed by atoms with Gasteiger partial charge in [-0.1, -0.05) is 6.42 Å². The molecular weight excluding hydrogens is 334 g/mol. The van der Waals surface area contributed by atoms with Crippen molar-refractivity contribution in [2.24, 2.45) is 5.41 Å². The zero-order chi connectivity index (χ0) is 12.0. The summed E-state index contributed by atoms with van der Waals surface area (Å²) >= 11 is 1.93. The fraction of sp³-hybridized carbons (Fsp3) is 0.417. The average Bonchev–Trinajstić information content (AvgIpc) is 2.35. The van der Waals surface area contributed by atoms with Crippen LogP contribution < -0.4 is 10.6 Å². The third kappa shape index (κ3) is 1.71. The molecule has 1 aliphatic carbocycles. The zero-order valence-electron chi connectivity index (χ0n) is 9.15. The van der Waals surface area contributed by atoms with Crippen molar-refractivity contribution in [2.45, 2.75) is 19.3 Å². The summed E-state index contributed by atoms with van der Waals surface area (Å²) in [5.41, 5.74) is 1.09. The van der Waals surface area contributed by atoms with Gasteiger partial charge in [-0.15, -0.1) is 0 Å². The van der Waals surface area contributed by atoms with Gasteiger partial charge in [0.15, 0.2) is 0 Å². The molecule has 1 aromatic rings. The highest BCUT2D eigenvalue weighted by Gasteiger charge is 2.45. The van der Waals surface area contributed by atoms with Crippen LogP contribution in [0.5, 0.6) is 0 Å². The van der Waals surface area contributed by atoms with Crippen LogP contribution in [0.15, 0.2) is 12.1 Å². The maximum atomic E-state index is 13.5.